The van der Waals surface area contributed by atoms with Gasteiger partial charge < -0.3 is 15.5 Å². The fourth-order valence-corrected chi connectivity index (χ4v) is 6.11. The highest BCUT2D eigenvalue weighted by molar-refractivity contribution is 7.07. The molecule has 2 aromatic carbocycles. The summed E-state index contributed by atoms with van der Waals surface area (Å²) in [5, 5.41) is 15.3. The van der Waals surface area contributed by atoms with Gasteiger partial charge in [0, 0.05) is 25.0 Å². The Bertz CT molecular complexity index is 1570. The number of amides is 1. The van der Waals surface area contributed by atoms with E-state index in [1.807, 2.05) is 18.2 Å². The molecule has 206 valence electrons. The lowest BCUT2D eigenvalue weighted by atomic mass is 9.90. The van der Waals surface area contributed by atoms with Crippen molar-refractivity contribution in [2.75, 3.05) is 31.5 Å². The molecule has 4 rings (SSSR count). The minimum Gasteiger partial charge on any atom is -0.360 e. The topological polar surface area (TPSA) is 90.2 Å². The van der Waals surface area contributed by atoms with Crippen molar-refractivity contribution < 1.29 is 4.79 Å². The first kappa shape index (κ1) is 28.9. The molecule has 0 bridgehead atoms. The van der Waals surface area contributed by atoms with Crippen LogP contribution in [-0.4, -0.2) is 41.6 Å². The Morgan fingerprint density at radius 2 is 1.90 bits per heavy atom. The lowest BCUT2D eigenvalue weighted by Crippen LogP contribution is -2.35. The number of hydrogen-bond acceptors (Lipinski definition) is 6. The van der Waals surface area contributed by atoms with Crippen molar-refractivity contribution in [2.45, 2.75) is 39.2 Å². The van der Waals surface area contributed by atoms with Crippen LogP contribution in [0.4, 0.5) is 5.69 Å². The highest BCUT2D eigenvalue weighted by Crippen LogP contribution is 2.22. The largest absolute Gasteiger partial charge is 0.360 e. The number of terminal acetylenes is 1. The van der Waals surface area contributed by atoms with Gasteiger partial charge in [-0.25, -0.2) is 0 Å². The van der Waals surface area contributed by atoms with Gasteiger partial charge in [0.05, 0.1) is 6.54 Å². The number of nitrogens with one attached hydrogen (secondary N) is 2. The van der Waals surface area contributed by atoms with Crippen LogP contribution in [0.15, 0.2) is 59.4 Å². The first-order valence-corrected chi connectivity index (χ1v) is 14.5. The molecular formula is C32H35N5O2S. The van der Waals surface area contributed by atoms with Gasteiger partial charge in [-0.2, -0.15) is 5.26 Å². The van der Waals surface area contributed by atoms with E-state index in [1.54, 1.807) is 13.1 Å². The van der Waals surface area contributed by atoms with Gasteiger partial charge in [-0.15, -0.1) is 17.8 Å². The summed E-state index contributed by atoms with van der Waals surface area (Å²) in [5.74, 6) is 2.49. The van der Waals surface area contributed by atoms with E-state index in [4.69, 9.17) is 6.42 Å². The fraction of sp³-hybridized carbons (Fsp3) is 0.344. The van der Waals surface area contributed by atoms with Crippen LogP contribution in [-0.2, 0) is 24.2 Å². The second kappa shape index (κ2) is 14.3. The van der Waals surface area contributed by atoms with E-state index < -0.39 is 5.91 Å². The summed E-state index contributed by atoms with van der Waals surface area (Å²) in [6.45, 7) is 5.44. The van der Waals surface area contributed by atoms with Gasteiger partial charge in [0.2, 0.25) is 0 Å². The summed E-state index contributed by atoms with van der Waals surface area (Å²) >= 11 is 1.11. The zero-order valence-corrected chi connectivity index (χ0v) is 23.7. The third kappa shape index (κ3) is 7.51. The van der Waals surface area contributed by atoms with Gasteiger partial charge in [0.1, 0.15) is 15.3 Å². The first-order chi connectivity index (χ1) is 19.5. The first-order valence-electron chi connectivity index (χ1n) is 13.7. The maximum absolute atomic E-state index is 13.0. The number of thiazole rings is 1. The minimum atomic E-state index is -0.587. The van der Waals surface area contributed by atoms with Crippen LogP contribution in [0.2, 0.25) is 0 Å². The number of nitriles is 1. The molecule has 0 aliphatic carbocycles. The van der Waals surface area contributed by atoms with Crippen LogP contribution < -0.4 is 25.4 Å². The lowest BCUT2D eigenvalue weighted by Gasteiger charge is -2.32. The average molecular weight is 554 g/mol. The van der Waals surface area contributed by atoms with Crippen LogP contribution in [0.5, 0.6) is 0 Å². The second-order valence-electron chi connectivity index (χ2n) is 9.91. The summed E-state index contributed by atoms with van der Waals surface area (Å²) in [4.78, 5) is 27.9. The molecule has 1 aliphatic heterocycles. The number of carbonyl (C=O) groups is 1. The van der Waals surface area contributed by atoms with Crippen LogP contribution in [0.3, 0.4) is 0 Å². The van der Waals surface area contributed by atoms with Crippen molar-refractivity contribution in [3.63, 3.8) is 0 Å². The van der Waals surface area contributed by atoms with E-state index in [1.165, 1.54) is 35.0 Å². The van der Waals surface area contributed by atoms with Gasteiger partial charge in [-0.1, -0.05) is 48.4 Å². The minimum absolute atomic E-state index is 0.00909. The molecule has 0 radical (unpaired) electrons. The van der Waals surface area contributed by atoms with Crippen molar-refractivity contribution in [3.8, 4) is 18.4 Å². The summed E-state index contributed by atoms with van der Waals surface area (Å²) in [7, 11) is 0. The van der Waals surface area contributed by atoms with Crippen LogP contribution in [0.1, 0.15) is 30.9 Å². The molecule has 0 unspecified atom stereocenters. The number of piperidine rings is 1. The standard InChI is InChI=1S/C32H35N5O2S/c1-3-16-34-30(38)28(22-33)32-37(4-2)31(39)29(40-32)23-35-27-12-8-11-25(21-27)13-17-36-18-14-26(15-19-36)20-24-9-6-5-7-10-24/h1,5-12,21,23,26,35H,4,13-20H2,2H3,(H,34,38). The monoisotopic (exact) mass is 553 g/mol. The lowest BCUT2D eigenvalue weighted by molar-refractivity contribution is -0.115. The molecule has 1 amide bonds. The Kier molecular flexibility index (Phi) is 10.3. The molecule has 40 heavy (non-hydrogen) atoms. The van der Waals surface area contributed by atoms with Crippen molar-refractivity contribution >= 4 is 34.7 Å². The maximum Gasteiger partial charge on any atom is 0.270 e. The molecule has 0 atom stereocenters. The quantitative estimate of drug-likeness (QED) is 0.377. The SMILES string of the molecule is C#CCNC(=O)C(C#N)=c1sc(=CNc2cccc(CCN3CCC(Cc4ccccc4)CC3)c2)c(=O)n1CC. The van der Waals surface area contributed by atoms with E-state index in [2.05, 4.69) is 63.9 Å². The van der Waals surface area contributed by atoms with Gasteiger partial charge in [0.25, 0.3) is 11.5 Å². The molecule has 2 heterocycles. The number of nitrogens with zero attached hydrogens (tertiary/aromatic N) is 3. The molecule has 1 aliphatic rings. The van der Waals surface area contributed by atoms with Gasteiger partial charge >= 0.3 is 0 Å². The number of anilines is 1. The molecule has 2 N–H and O–H groups in total. The van der Waals surface area contributed by atoms with Crippen LogP contribution in [0, 0.1) is 29.6 Å². The van der Waals surface area contributed by atoms with Crippen LogP contribution in [0.25, 0.3) is 11.8 Å². The molecule has 1 fully saturated rings. The third-order valence-corrected chi connectivity index (χ3v) is 8.35. The molecule has 0 saturated carbocycles. The number of likely N-dealkylation sites (tertiary alicyclic amines) is 1. The molecule has 3 aromatic rings. The third-order valence-electron chi connectivity index (χ3n) is 7.22. The number of aromatic nitrogens is 1. The molecule has 1 aromatic heterocycles. The van der Waals surface area contributed by atoms with Crippen LogP contribution >= 0.6 is 11.3 Å². The molecular weight excluding hydrogens is 518 g/mol. The maximum atomic E-state index is 13.0. The van der Waals surface area contributed by atoms with E-state index in [-0.39, 0.29) is 17.7 Å². The van der Waals surface area contributed by atoms with Gasteiger partial charge in [0.15, 0.2) is 5.57 Å². The van der Waals surface area contributed by atoms with Crippen molar-refractivity contribution in [2.24, 2.45) is 5.92 Å². The highest BCUT2D eigenvalue weighted by Gasteiger charge is 2.19. The summed E-state index contributed by atoms with van der Waals surface area (Å²) in [5.41, 5.74) is 3.17. The van der Waals surface area contributed by atoms with Crippen molar-refractivity contribution in [1.29, 1.82) is 5.26 Å². The number of carbonyl (C=O) groups excluding carboxylic acids is 1. The predicted octanol–water partition coefficient (Wildman–Crippen LogP) is 2.70. The second-order valence-corrected chi connectivity index (χ2v) is 10.9. The van der Waals surface area contributed by atoms with Gasteiger partial charge in [-0.05, 0) is 74.9 Å². The Morgan fingerprint density at radius 1 is 1.15 bits per heavy atom. The zero-order valence-electron chi connectivity index (χ0n) is 22.9. The normalized spacial score (nSPS) is 15.2. The smallest absolute Gasteiger partial charge is 0.270 e. The van der Waals surface area contributed by atoms with E-state index in [0.717, 1.165) is 49.0 Å². The van der Waals surface area contributed by atoms with Crippen molar-refractivity contribution in [1.82, 2.24) is 14.8 Å². The zero-order chi connectivity index (χ0) is 28.3. The number of hydrogen-bond donors (Lipinski definition) is 2. The molecule has 1 saturated heterocycles. The summed E-state index contributed by atoms with van der Waals surface area (Å²) in [6, 6.07) is 20.9. The van der Waals surface area contributed by atoms with E-state index >= 15 is 0 Å². The molecule has 0 spiro atoms. The van der Waals surface area contributed by atoms with Gasteiger partial charge in [-0.3, -0.25) is 14.2 Å². The number of rotatable bonds is 10. The highest BCUT2D eigenvalue weighted by atomic mass is 32.1. The Hall–Kier alpha value is -4.11. The summed E-state index contributed by atoms with van der Waals surface area (Å²) < 4.78 is 2.17. The molecule has 7 nitrogen and oxygen atoms in total. The van der Waals surface area contributed by atoms with E-state index in [0.29, 0.717) is 15.7 Å². The Morgan fingerprint density at radius 3 is 2.60 bits per heavy atom. The Labute approximate surface area is 239 Å². The van der Waals surface area contributed by atoms with E-state index in [9.17, 15) is 14.9 Å². The Balaban J connectivity index is 1.38. The average Bonchev–Trinajstić information content (AvgIpc) is 3.30. The molecule has 8 heteroatoms. The number of benzene rings is 2. The fourth-order valence-electron chi connectivity index (χ4n) is 5.02. The van der Waals surface area contributed by atoms with Crippen molar-refractivity contribution in [3.05, 3.63) is 85.3 Å². The summed E-state index contributed by atoms with van der Waals surface area (Å²) in [6.07, 6.45) is 11.5. The predicted molar refractivity (Wildman–Crippen MR) is 162 cm³/mol.